The lowest BCUT2D eigenvalue weighted by Crippen LogP contribution is -2.11. The molecule has 0 aliphatic carbocycles. The summed E-state index contributed by atoms with van der Waals surface area (Å²) in [5.41, 5.74) is 6.45. The Hall–Kier alpha value is -6.03. The summed E-state index contributed by atoms with van der Waals surface area (Å²) in [6.07, 6.45) is 11.0. The molecule has 0 saturated heterocycles. The maximum absolute atomic E-state index is 4.97. The maximum Gasteiger partial charge on any atom is 0.0620 e. The van der Waals surface area contributed by atoms with Gasteiger partial charge in [-0.05, 0) is 66.4 Å². The maximum atomic E-state index is 4.97. The first-order valence-electron chi connectivity index (χ1n) is 18.2. The second-order valence-corrected chi connectivity index (χ2v) is 12.5. The second kappa shape index (κ2) is 20.1. The molecule has 0 spiro atoms. The summed E-state index contributed by atoms with van der Waals surface area (Å²) < 4.78 is 0. The van der Waals surface area contributed by atoms with E-state index in [1.165, 1.54) is 0 Å². The molecule has 7 aromatic rings. The van der Waals surface area contributed by atoms with Crippen molar-refractivity contribution in [2.24, 2.45) is 5.92 Å². The van der Waals surface area contributed by atoms with Gasteiger partial charge in [-0.1, -0.05) is 166 Å². The molecule has 2 nitrogen and oxygen atoms in total. The minimum absolute atomic E-state index is 0.242. The number of para-hydroxylation sites is 3. The van der Waals surface area contributed by atoms with Crippen molar-refractivity contribution >= 4 is 67.5 Å². The molecule has 3 heteroatoms. The fourth-order valence-corrected chi connectivity index (χ4v) is 6.36. The SMILES string of the molecule is C=CCC(C=C)/C=C/C=C(\S)c1ccc2c(Nc3ccccc3)c3ccccc3c(N(c3ccccc3)c3ccccc3)c2c1.CC.c1ccccc1. The standard InChI is InChI=1S/C42H36N2S.C6H6.C2H6/c1-3-17-31(4-2)18-16-27-40(45)32-28-29-37-39(30-32)42(44(34-21-10-6-11-22-34)35-23-12-7-13-24-35)38-26-15-14-25-36(38)41(37)43-33-19-8-5-9-20-33;1-2-4-6-5-3-1;1-2/h3-16,18-31,43,45H,1-2,17H2;1-6H;1-2H3/b18-16+,40-27-;;. The van der Waals surface area contributed by atoms with Crippen molar-refractivity contribution in [3.05, 3.63) is 219 Å². The second-order valence-electron chi connectivity index (χ2n) is 12.0. The van der Waals surface area contributed by atoms with E-state index in [0.29, 0.717) is 0 Å². The average molecular weight is 709 g/mol. The van der Waals surface area contributed by atoms with Gasteiger partial charge in [0.25, 0.3) is 0 Å². The van der Waals surface area contributed by atoms with Crippen molar-refractivity contribution < 1.29 is 0 Å². The molecule has 0 bridgehead atoms. The first kappa shape index (κ1) is 38.2. The number of benzene rings is 7. The molecule has 0 fully saturated rings. The van der Waals surface area contributed by atoms with Gasteiger partial charge in [-0.25, -0.2) is 0 Å². The van der Waals surface area contributed by atoms with Crippen LogP contribution in [-0.4, -0.2) is 0 Å². The minimum Gasteiger partial charge on any atom is -0.355 e. The van der Waals surface area contributed by atoms with E-state index in [2.05, 4.69) is 169 Å². The van der Waals surface area contributed by atoms with Gasteiger partial charge in [0.15, 0.2) is 0 Å². The Bertz CT molecular complexity index is 2180. The third-order valence-electron chi connectivity index (χ3n) is 8.61. The van der Waals surface area contributed by atoms with Crippen LogP contribution in [0.5, 0.6) is 0 Å². The fraction of sp³-hybridized carbons (Fsp3) is 0.0800. The summed E-state index contributed by atoms with van der Waals surface area (Å²) >= 11 is 4.97. The molecule has 1 atom stereocenters. The number of thiol groups is 1. The number of fused-ring (bicyclic) bond motifs is 2. The third-order valence-corrected chi connectivity index (χ3v) is 9.01. The van der Waals surface area contributed by atoms with Gasteiger partial charge < -0.3 is 10.2 Å². The Balaban J connectivity index is 0.000000608. The summed E-state index contributed by atoms with van der Waals surface area (Å²) in [5, 5.41) is 8.32. The van der Waals surface area contributed by atoms with Gasteiger partial charge in [0.2, 0.25) is 0 Å². The highest BCUT2D eigenvalue weighted by molar-refractivity contribution is 7.90. The molecule has 264 valence electrons. The van der Waals surface area contributed by atoms with E-state index in [1.54, 1.807) is 0 Å². The predicted molar refractivity (Wildman–Crippen MR) is 238 cm³/mol. The van der Waals surface area contributed by atoms with Gasteiger partial charge in [0, 0.05) is 43.5 Å². The zero-order chi connectivity index (χ0) is 37.3. The van der Waals surface area contributed by atoms with Gasteiger partial charge in [-0.2, -0.15) is 0 Å². The average Bonchev–Trinajstić information content (AvgIpc) is 3.24. The van der Waals surface area contributed by atoms with E-state index < -0.39 is 0 Å². The Kier molecular flexibility index (Phi) is 14.5. The monoisotopic (exact) mass is 708 g/mol. The number of nitrogens with zero attached hydrogens (tertiary/aromatic N) is 1. The zero-order valence-corrected chi connectivity index (χ0v) is 31.5. The highest BCUT2D eigenvalue weighted by Gasteiger charge is 2.22. The molecule has 7 aromatic carbocycles. The summed E-state index contributed by atoms with van der Waals surface area (Å²) in [5.74, 6) is 0.242. The normalized spacial score (nSPS) is 11.5. The molecule has 0 saturated carbocycles. The van der Waals surface area contributed by atoms with Crippen LogP contribution in [0, 0.1) is 5.92 Å². The minimum atomic E-state index is 0.242. The van der Waals surface area contributed by atoms with Crippen molar-refractivity contribution in [3.8, 4) is 0 Å². The van der Waals surface area contributed by atoms with E-state index in [1.807, 2.05) is 68.5 Å². The number of rotatable bonds is 11. The lowest BCUT2D eigenvalue weighted by molar-refractivity contribution is 0.836. The Morgan fingerprint density at radius 3 is 1.66 bits per heavy atom. The number of hydrogen-bond acceptors (Lipinski definition) is 3. The topological polar surface area (TPSA) is 15.3 Å². The van der Waals surface area contributed by atoms with Crippen LogP contribution < -0.4 is 10.2 Å². The lowest BCUT2D eigenvalue weighted by atomic mass is 9.95. The smallest absolute Gasteiger partial charge is 0.0620 e. The summed E-state index contributed by atoms with van der Waals surface area (Å²) in [6.45, 7) is 11.8. The quantitative estimate of drug-likeness (QED) is 0.0457. The van der Waals surface area contributed by atoms with Crippen LogP contribution in [0.2, 0.25) is 0 Å². The molecule has 0 heterocycles. The first-order chi connectivity index (χ1) is 26.2. The molecular formula is C50H48N2S. The molecule has 0 radical (unpaired) electrons. The van der Waals surface area contributed by atoms with Crippen molar-refractivity contribution in [2.45, 2.75) is 20.3 Å². The van der Waals surface area contributed by atoms with Gasteiger partial charge in [-0.15, -0.1) is 25.8 Å². The van der Waals surface area contributed by atoms with E-state index in [9.17, 15) is 0 Å². The number of nitrogens with one attached hydrogen (secondary N) is 1. The Labute approximate surface area is 321 Å². The molecule has 7 rings (SSSR count). The van der Waals surface area contributed by atoms with E-state index in [-0.39, 0.29) is 5.92 Å². The zero-order valence-electron chi connectivity index (χ0n) is 30.6. The molecule has 1 N–H and O–H groups in total. The summed E-state index contributed by atoms with van der Waals surface area (Å²) in [6, 6.07) is 58.9. The van der Waals surface area contributed by atoms with Crippen molar-refractivity contribution in [2.75, 3.05) is 10.2 Å². The molecule has 0 aliphatic rings. The summed E-state index contributed by atoms with van der Waals surface area (Å²) in [7, 11) is 0. The Morgan fingerprint density at radius 2 is 1.11 bits per heavy atom. The highest BCUT2D eigenvalue weighted by Crippen LogP contribution is 2.48. The van der Waals surface area contributed by atoms with Crippen LogP contribution in [0.3, 0.4) is 0 Å². The van der Waals surface area contributed by atoms with E-state index in [0.717, 1.165) is 66.9 Å². The van der Waals surface area contributed by atoms with Crippen molar-refractivity contribution in [3.63, 3.8) is 0 Å². The van der Waals surface area contributed by atoms with Crippen molar-refractivity contribution in [1.29, 1.82) is 0 Å². The molecule has 53 heavy (non-hydrogen) atoms. The Morgan fingerprint density at radius 1 is 0.623 bits per heavy atom. The van der Waals surface area contributed by atoms with Crippen molar-refractivity contribution in [1.82, 2.24) is 0 Å². The third kappa shape index (κ3) is 9.85. The lowest BCUT2D eigenvalue weighted by Gasteiger charge is -2.29. The van der Waals surface area contributed by atoms with Gasteiger partial charge in [0.05, 0.1) is 11.4 Å². The molecule has 0 amide bonds. The van der Waals surface area contributed by atoms with E-state index in [4.69, 9.17) is 12.6 Å². The molecule has 0 aromatic heterocycles. The van der Waals surface area contributed by atoms with Crippen LogP contribution >= 0.6 is 12.6 Å². The highest BCUT2D eigenvalue weighted by atomic mass is 32.1. The number of hydrogen-bond donors (Lipinski definition) is 2. The molecule has 0 aliphatic heterocycles. The van der Waals surface area contributed by atoms with Crippen LogP contribution in [-0.2, 0) is 0 Å². The number of anilines is 5. The van der Waals surface area contributed by atoms with Crippen LogP contribution in [0.25, 0.3) is 26.5 Å². The predicted octanol–water partition coefficient (Wildman–Crippen LogP) is 15.1. The number of allylic oxidation sites excluding steroid dienone is 5. The van der Waals surface area contributed by atoms with E-state index >= 15 is 0 Å². The van der Waals surface area contributed by atoms with Crippen LogP contribution in [0.4, 0.5) is 28.4 Å². The largest absolute Gasteiger partial charge is 0.355 e. The van der Waals surface area contributed by atoms with Gasteiger partial charge in [-0.3, -0.25) is 0 Å². The van der Waals surface area contributed by atoms with Crippen LogP contribution in [0.1, 0.15) is 25.8 Å². The van der Waals surface area contributed by atoms with Gasteiger partial charge in [0.1, 0.15) is 0 Å². The summed E-state index contributed by atoms with van der Waals surface area (Å²) in [4.78, 5) is 3.25. The van der Waals surface area contributed by atoms with Gasteiger partial charge >= 0.3 is 0 Å². The first-order valence-corrected chi connectivity index (χ1v) is 18.6. The fourth-order valence-electron chi connectivity index (χ4n) is 6.13. The molecular weight excluding hydrogens is 661 g/mol. The van der Waals surface area contributed by atoms with Crippen LogP contribution in [0.15, 0.2) is 213 Å². The molecule has 1 unspecified atom stereocenters.